The summed E-state index contributed by atoms with van der Waals surface area (Å²) in [5.41, 5.74) is 1.01. The van der Waals surface area contributed by atoms with Crippen molar-refractivity contribution >= 4 is 21.8 Å². The lowest BCUT2D eigenvalue weighted by Crippen LogP contribution is -2.43. The van der Waals surface area contributed by atoms with Crippen molar-refractivity contribution in [2.45, 2.75) is 50.5 Å². The van der Waals surface area contributed by atoms with Crippen molar-refractivity contribution < 1.29 is 17.7 Å². The number of sulfonamides is 1. The Balaban J connectivity index is 1.76. The summed E-state index contributed by atoms with van der Waals surface area (Å²) in [4.78, 5) is 12.4. The van der Waals surface area contributed by atoms with Gasteiger partial charge in [0.05, 0.1) is 10.6 Å². The highest BCUT2D eigenvalue weighted by atomic mass is 32.2. The van der Waals surface area contributed by atoms with Gasteiger partial charge >= 0.3 is 0 Å². The van der Waals surface area contributed by atoms with Crippen LogP contribution in [0.25, 0.3) is 0 Å². The van der Waals surface area contributed by atoms with E-state index in [0.29, 0.717) is 17.8 Å². The molecule has 2 aromatic rings. The quantitative estimate of drug-likeness (QED) is 0.864. The molecule has 1 aromatic carbocycles. The van der Waals surface area contributed by atoms with Crippen LogP contribution in [0.2, 0.25) is 0 Å². The summed E-state index contributed by atoms with van der Waals surface area (Å²) in [6.07, 6.45) is 3.64. The van der Waals surface area contributed by atoms with Gasteiger partial charge in [-0.25, -0.2) is 8.42 Å². The van der Waals surface area contributed by atoms with E-state index >= 15 is 0 Å². The lowest BCUT2D eigenvalue weighted by Gasteiger charge is -2.34. The van der Waals surface area contributed by atoms with Crippen LogP contribution in [0.3, 0.4) is 0 Å². The van der Waals surface area contributed by atoms with Gasteiger partial charge < -0.3 is 4.52 Å². The predicted octanol–water partition coefficient (Wildman–Crippen LogP) is 3.19. The molecular weight excluding hydrogens is 354 g/mol. The van der Waals surface area contributed by atoms with Gasteiger partial charge in [-0.3, -0.25) is 10.1 Å². The fraction of sp³-hybridized carbons (Fsp3) is 0.444. The minimum absolute atomic E-state index is 0.0476. The van der Waals surface area contributed by atoms with E-state index < -0.39 is 10.0 Å². The molecule has 1 atom stereocenters. The van der Waals surface area contributed by atoms with E-state index in [1.165, 1.54) is 24.3 Å². The average Bonchev–Trinajstić information content (AvgIpc) is 3.06. The van der Waals surface area contributed by atoms with Crippen LogP contribution < -0.4 is 5.32 Å². The fourth-order valence-corrected chi connectivity index (χ4v) is 4.99. The van der Waals surface area contributed by atoms with Crippen LogP contribution in [0.1, 0.15) is 48.7 Å². The number of rotatable bonds is 5. The number of aromatic nitrogens is 1. The maximum Gasteiger partial charge on any atom is 0.258 e. The molecule has 1 fully saturated rings. The zero-order chi connectivity index (χ0) is 18.7. The third kappa shape index (κ3) is 3.81. The molecule has 2 heterocycles. The minimum atomic E-state index is -3.55. The first-order chi connectivity index (χ1) is 12.4. The smallest absolute Gasteiger partial charge is 0.258 e. The number of nitrogens with zero attached hydrogens (tertiary/aromatic N) is 2. The van der Waals surface area contributed by atoms with E-state index in [-0.39, 0.29) is 22.7 Å². The molecule has 1 N–H and O–H groups in total. The van der Waals surface area contributed by atoms with Crippen LogP contribution in [0.15, 0.2) is 39.8 Å². The van der Waals surface area contributed by atoms with Crippen molar-refractivity contribution in [3.8, 4) is 0 Å². The Bertz CT molecular complexity index is 874. The monoisotopic (exact) mass is 377 g/mol. The molecule has 1 aliphatic heterocycles. The second kappa shape index (κ2) is 7.59. The van der Waals surface area contributed by atoms with E-state index in [1.807, 2.05) is 6.92 Å². The zero-order valence-corrected chi connectivity index (χ0v) is 15.8. The maximum atomic E-state index is 12.9. The van der Waals surface area contributed by atoms with Gasteiger partial charge in [-0.15, -0.1) is 0 Å². The Labute approximate surface area is 153 Å². The first kappa shape index (κ1) is 18.6. The van der Waals surface area contributed by atoms with Crippen LogP contribution in [0.5, 0.6) is 0 Å². The molecule has 0 aliphatic carbocycles. The van der Waals surface area contributed by atoms with Crippen molar-refractivity contribution in [2.24, 2.45) is 0 Å². The van der Waals surface area contributed by atoms with Gasteiger partial charge in [0, 0.05) is 24.2 Å². The van der Waals surface area contributed by atoms with Gasteiger partial charge in [0.2, 0.25) is 15.9 Å². The van der Waals surface area contributed by atoms with Gasteiger partial charge in [-0.2, -0.15) is 4.31 Å². The summed E-state index contributed by atoms with van der Waals surface area (Å²) < 4.78 is 32.4. The van der Waals surface area contributed by atoms with Crippen molar-refractivity contribution in [3.63, 3.8) is 0 Å². The second-order valence-electron chi connectivity index (χ2n) is 6.48. The molecule has 1 saturated heterocycles. The number of hydrogen-bond acceptors (Lipinski definition) is 5. The van der Waals surface area contributed by atoms with Crippen molar-refractivity contribution in [2.75, 3.05) is 11.9 Å². The second-order valence-corrected chi connectivity index (χ2v) is 8.38. The highest BCUT2D eigenvalue weighted by Gasteiger charge is 2.32. The molecule has 26 heavy (non-hydrogen) atoms. The van der Waals surface area contributed by atoms with Gasteiger partial charge in [0.1, 0.15) is 0 Å². The SMILES string of the molecule is CCC1CCCCN1S(=O)(=O)c1ccc(C(=O)Nc2cc(C)no2)cc1. The van der Waals surface area contributed by atoms with Gasteiger partial charge in [0.25, 0.3) is 5.91 Å². The summed E-state index contributed by atoms with van der Waals surface area (Å²) in [6.45, 7) is 4.31. The Morgan fingerprint density at radius 1 is 1.31 bits per heavy atom. The van der Waals surface area contributed by atoms with Crippen LogP contribution in [-0.4, -0.2) is 36.4 Å². The Hall–Kier alpha value is -2.19. The summed E-state index contributed by atoms with van der Waals surface area (Å²) in [7, 11) is -3.55. The predicted molar refractivity (Wildman–Crippen MR) is 97.5 cm³/mol. The first-order valence-corrected chi connectivity index (χ1v) is 10.2. The highest BCUT2D eigenvalue weighted by Crippen LogP contribution is 2.27. The number of aryl methyl sites for hydroxylation is 1. The molecular formula is C18H23N3O4S. The molecule has 0 saturated carbocycles. The number of nitrogens with one attached hydrogen (secondary N) is 1. The minimum Gasteiger partial charge on any atom is -0.338 e. The highest BCUT2D eigenvalue weighted by molar-refractivity contribution is 7.89. The van der Waals surface area contributed by atoms with E-state index in [4.69, 9.17) is 4.52 Å². The number of hydrogen-bond donors (Lipinski definition) is 1. The lowest BCUT2D eigenvalue weighted by molar-refractivity contribution is 0.102. The number of carbonyl (C=O) groups is 1. The number of anilines is 1. The first-order valence-electron chi connectivity index (χ1n) is 8.78. The molecule has 1 unspecified atom stereocenters. The summed E-state index contributed by atoms with van der Waals surface area (Å²) >= 11 is 0. The van der Waals surface area contributed by atoms with Crippen molar-refractivity contribution in [1.82, 2.24) is 9.46 Å². The fourth-order valence-electron chi connectivity index (χ4n) is 3.22. The third-order valence-corrected chi connectivity index (χ3v) is 6.60. The van der Waals surface area contributed by atoms with Crippen LogP contribution >= 0.6 is 0 Å². The maximum absolute atomic E-state index is 12.9. The molecule has 0 bridgehead atoms. The van der Waals surface area contributed by atoms with Crippen molar-refractivity contribution in [3.05, 3.63) is 41.6 Å². The van der Waals surface area contributed by atoms with Crippen LogP contribution in [-0.2, 0) is 10.0 Å². The summed E-state index contributed by atoms with van der Waals surface area (Å²) in [5, 5.41) is 6.29. The number of amides is 1. The molecule has 7 nitrogen and oxygen atoms in total. The number of carbonyl (C=O) groups excluding carboxylic acids is 1. The molecule has 140 valence electrons. The van der Waals surface area contributed by atoms with Crippen molar-refractivity contribution in [1.29, 1.82) is 0 Å². The number of piperidine rings is 1. The molecule has 1 aromatic heterocycles. The zero-order valence-electron chi connectivity index (χ0n) is 14.9. The number of benzene rings is 1. The molecule has 8 heteroatoms. The molecule has 1 amide bonds. The van der Waals surface area contributed by atoms with E-state index in [0.717, 1.165) is 25.7 Å². The van der Waals surface area contributed by atoms with E-state index in [2.05, 4.69) is 10.5 Å². The van der Waals surface area contributed by atoms with Gasteiger partial charge in [-0.1, -0.05) is 18.5 Å². The summed E-state index contributed by atoms with van der Waals surface area (Å²) in [5.74, 6) is -0.127. The van der Waals surface area contributed by atoms with E-state index in [1.54, 1.807) is 17.3 Å². The molecule has 0 spiro atoms. The Morgan fingerprint density at radius 2 is 2.04 bits per heavy atom. The Kier molecular flexibility index (Phi) is 5.43. The van der Waals surface area contributed by atoms with Gasteiger partial charge in [0.15, 0.2) is 0 Å². The van der Waals surface area contributed by atoms with E-state index in [9.17, 15) is 13.2 Å². The average molecular weight is 377 g/mol. The normalized spacial score (nSPS) is 18.6. The molecule has 1 aliphatic rings. The standard InChI is InChI=1S/C18H23N3O4S/c1-3-15-6-4-5-11-21(15)26(23,24)16-9-7-14(8-10-16)18(22)19-17-12-13(2)20-25-17/h7-10,12,15H,3-6,11H2,1-2H3,(H,19,22). The van der Waals surface area contributed by atoms with Crippen LogP contribution in [0.4, 0.5) is 5.88 Å². The summed E-state index contributed by atoms with van der Waals surface area (Å²) in [6, 6.07) is 7.64. The third-order valence-electron chi connectivity index (χ3n) is 4.63. The molecule has 3 rings (SSSR count). The Morgan fingerprint density at radius 3 is 2.65 bits per heavy atom. The lowest BCUT2D eigenvalue weighted by atomic mass is 10.0. The van der Waals surface area contributed by atoms with Gasteiger partial charge in [-0.05, 0) is 50.5 Å². The topological polar surface area (TPSA) is 92.5 Å². The van der Waals surface area contributed by atoms with Crippen LogP contribution in [0, 0.1) is 6.92 Å². The molecule has 0 radical (unpaired) electrons. The largest absolute Gasteiger partial charge is 0.338 e.